The molecule has 0 saturated heterocycles. The summed E-state index contributed by atoms with van der Waals surface area (Å²) in [6.07, 6.45) is 1.19. The molecule has 0 fully saturated rings. The lowest BCUT2D eigenvalue weighted by Gasteiger charge is -2.14. The van der Waals surface area contributed by atoms with Gasteiger partial charge in [-0.25, -0.2) is 8.42 Å². The predicted molar refractivity (Wildman–Crippen MR) is 75.7 cm³/mol. The summed E-state index contributed by atoms with van der Waals surface area (Å²) in [6.45, 7) is 0.582. The molecule has 6 heteroatoms. The van der Waals surface area contributed by atoms with E-state index in [2.05, 4.69) is 15.9 Å². The molecule has 0 saturated carbocycles. The molecule has 0 aliphatic rings. The highest BCUT2D eigenvalue weighted by Gasteiger charge is 2.11. The van der Waals surface area contributed by atoms with Gasteiger partial charge < -0.3 is 0 Å². The lowest BCUT2D eigenvalue weighted by Crippen LogP contribution is -2.30. The van der Waals surface area contributed by atoms with Gasteiger partial charge in [-0.05, 0) is 19.2 Å². The van der Waals surface area contributed by atoms with Gasteiger partial charge in [0.05, 0.1) is 12.3 Å². The summed E-state index contributed by atoms with van der Waals surface area (Å²) in [6, 6.07) is 7.11. The summed E-state index contributed by atoms with van der Waals surface area (Å²) in [5.74, 6) is 0.0513. The third-order valence-electron chi connectivity index (χ3n) is 2.42. The molecular weight excluding hydrogens is 318 g/mol. The number of sulfone groups is 1. The number of nitrogens with zero attached hydrogens (tertiary/aromatic N) is 1. The molecule has 0 unspecified atom stereocenters. The molecule has 0 heterocycles. The smallest absolute Gasteiger partial charge is 0.176 e. The first kappa shape index (κ1) is 15.3. The molecule has 0 aliphatic heterocycles. The van der Waals surface area contributed by atoms with E-state index < -0.39 is 9.84 Å². The van der Waals surface area contributed by atoms with E-state index in [4.69, 9.17) is 0 Å². The molecule has 100 valence electrons. The molecular formula is C12H16BrNO3S. The maximum absolute atomic E-state index is 11.9. The Labute approximate surface area is 116 Å². The van der Waals surface area contributed by atoms with Crippen LogP contribution in [0.5, 0.6) is 0 Å². The van der Waals surface area contributed by atoms with Crippen molar-refractivity contribution in [2.75, 3.05) is 32.1 Å². The highest BCUT2D eigenvalue weighted by Crippen LogP contribution is 2.11. The maximum atomic E-state index is 11.9. The van der Waals surface area contributed by atoms with E-state index >= 15 is 0 Å². The van der Waals surface area contributed by atoms with Gasteiger partial charge in [0.1, 0.15) is 9.84 Å². The van der Waals surface area contributed by atoms with Gasteiger partial charge in [0.25, 0.3) is 0 Å². The van der Waals surface area contributed by atoms with Gasteiger partial charge in [0.2, 0.25) is 0 Å². The van der Waals surface area contributed by atoms with E-state index in [-0.39, 0.29) is 18.1 Å². The van der Waals surface area contributed by atoms with Crippen LogP contribution in [0.2, 0.25) is 0 Å². The van der Waals surface area contributed by atoms with E-state index in [1.807, 2.05) is 12.1 Å². The summed E-state index contributed by atoms with van der Waals surface area (Å²) in [5, 5.41) is 0. The summed E-state index contributed by atoms with van der Waals surface area (Å²) in [7, 11) is -1.25. The zero-order chi connectivity index (χ0) is 13.8. The monoisotopic (exact) mass is 333 g/mol. The van der Waals surface area contributed by atoms with Crippen LogP contribution in [-0.2, 0) is 9.84 Å². The average molecular weight is 334 g/mol. The molecule has 1 aromatic carbocycles. The van der Waals surface area contributed by atoms with E-state index in [0.29, 0.717) is 12.1 Å². The second kappa shape index (κ2) is 6.45. The number of ketones is 1. The van der Waals surface area contributed by atoms with Crippen molar-refractivity contribution in [1.82, 2.24) is 4.90 Å². The fourth-order valence-electron chi connectivity index (χ4n) is 1.37. The zero-order valence-electron chi connectivity index (χ0n) is 10.4. The quantitative estimate of drug-likeness (QED) is 0.742. The average Bonchev–Trinajstić information content (AvgIpc) is 2.26. The molecule has 0 atom stereocenters. The van der Waals surface area contributed by atoms with Gasteiger partial charge in [0, 0.05) is 22.8 Å². The van der Waals surface area contributed by atoms with Crippen LogP contribution < -0.4 is 0 Å². The fourth-order valence-corrected chi connectivity index (χ4v) is 2.28. The first-order valence-corrected chi connectivity index (χ1v) is 8.28. The Morgan fingerprint density at radius 2 is 1.83 bits per heavy atom. The number of Topliss-reactive ketones (excluding diaryl/α,β-unsaturated/α-hetero) is 1. The van der Waals surface area contributed by atoms with Crippen molar-refractivity contribution in [3.05, 3.63) is 34.3 Å². The third kappa shape index (κ3) is 5.75. The normalized spacial score (nSPS) is 11.8. The van der Waals surface area contributed by atoms with Gasteiger partial charge >= 0.3 is 0 Å². The van der Waals surface area contributed by atoms with Gasteiger partial charge in [-0.15, -0.1) is 0 Å². The van der Waals surface area contributed by atoms with Crippen LogP contribution in [-0.4, -0.2) is 51.2 Å². The van der Waals surface area contributed by atoms with Crippen LogP contribution >= 0.6 is 15.9 Å². The second-order valence-corrected chi connectivity index (χ2v) is 7.47. The zero-order valence-corrected chi connectivity index (χ0v) is 12.8. The SMILES string of the molecule is CN(CCS(C)(=O)=O)CC(=O)c1ccc(Br)cc1. The van der Waals surface area contributed by atoms with Gasteiger partial charge in [0.15, 0.2) is 5.78 Å². The van der Waals surface area contributed by atoms with Gasteiger partial charge in [-0.1, -0.05) is 28.1 Å². The Morgan fingerprint density at radius 1 is 1.28 bits per heavy atom. The molecule has 0 amide bonds. The van der Waals surface area contributed by atoms with Crippen molar-refractivity contribution in [1.29, 1.82) is 0 Å². The number of carbonyl (C=O) groups is 1. The number of hydrogen-bond acceptors (Lipinski definition) is 4. The minimum absolute atomic E-state index is 0.0153. The van der Waals surface area contributed by atoms with Crippen molar-refractivity contribution < 1.29 is 13.2 Å². The number of benzene rings is 1. The molecule has 0 aliphatic carbocycles. The summed E-state index contributed by atoms with van der Waals surface area (Å²) in [5.41, 5.74) is 0.629. The Balaban J connectivity index is 2.52. The second-order valence-electron chi connectivity index (χ2n) is 4.30. The molecule has 0 aromatic heterocycles. The molecule has 1 rings (SSSR count). The largest absolute Gasteiger partial charge is 0.298 e. The molecule has 1 aromatic rings. The third-order valence-corrected chi connectivity index (χ3v) is 3.88. The van der Waals surface area contributed by atoms with Crippen LogP contribution in [0.1, 0.15) is 10.4 Å². The van der Waals surface area contributed by atoms with Crippen molar-refractivity contribution >= 4 is 31.6 Å². The van der Waals surface area contributed by atoms with Crippen LogP contribution in [0.15, 0.2) is 28.7 Å². The van der Waals surface area contributed by atoms with E-state index in [9.17, 15) is 13.2 Å². The molecule has 4 nitrogen and oxygen atoms in total. The van der Waals surface area contributed by atoms with Crippen LogP contribution in [0, 0.1) is 0 Å². The van der Waals surface area contributed by atoms with Crippen LogP contribution in [0.4, 0.5) is 0 Å². The highest BCUT2D eigenvalue weighted by molar-refractivity contribution is 9.10. The van der Waals surface area contributed by atoms with Crippen molar-refractivity contribution in [3.8, 4) is 0 Å². The topological polar surface area (TPSA) is 54.5 Å². The summed E-state index contributed by atoms with van der Waals surface area (Å²) in [4.78, 5) is 13.6. The maximum Gasteiger partial charge on any atom is 0.176 e. The van der Waals surface area contributed by atoms with Crippen LogP contribution in [0.25, 0.3) is 0 Å². The minimum atomic E-state index is -2.98. The summed E-state index contributed by atoms with van der Waals surface area (Å²) >= 11 is 3.30. The Kier molecular flexibility index (Phi) is 5.49. The standard InChI is InChI=1S/C12H16BrNO3S/c1-14(7-8-18(2,16)17)9-12(15)10-3-5-11(13)6-4-10/h3-6H,7-9H2,1-2H3. The Hall–Kier alpha value is -0.720. The van der Waals surface area contributed by atoms with Gasteiger partial charge in [-0.2, -0.15) is 0 Å². The minimum Gasteiger partial charge on any atom is -0.298 e. The molecule has 0 spiro atoms. The van der Waals surface area contributed by atoms with Crippen molar-refractivity contribution in [2.45, 2.75) is 0 Å². The Bertz CT molecular complexity index is 511. The molecule has 0 N–H and O–H groups in total. The molecule has 0 bridgehead atoms. The highest BCUT2D eigenvalue weighted by atomic mass is 79.9. The lowest BCUT2D eigenvalue weighted by molar-refractivity contribution is 0.0949. The molecule has 18 heavy (non-hydrogen) atoms. The number of halogens is 1. The first-order valence-electron chi connectivity index (χ1n) is 5.43. The molecule has 0 radical (unpaired) electrons. The van der Waals surface area contributed by atoms with E-state index in [0.717, 1.165) is 4.47 Å². The van der Waals surface area contributed by atoms with Gasteiger partial charge in [-0.3, -0.25) is 9.69 Å². The number of hydrogen-bond donors (Lipinski definition) is 0. The fraction of sp³-hybridized carbons (Fsp3) is 0.417. The predicted octanol–water partition coefficient (Wildman–Crippen LogP) is 1.61. The lowest BCUT2D eigenvalue weighted by atomic mass is 10.1. The van der Waals surface area contributed by atoms with Crippen molar-refractivity contribution in [3.63, 3.8) is 0 Å². The van der Waals surface area contributed by atoms with Crippen LogP contribution in [0.3, 0.4) is 0 Å². The van der Waals surface area contributed by atoms with E-state index in [1.54, 1.807) is 24.1 Å². The number of carbonyl (C=O) groups excluding carboxylic acids is 1. The first-order chi connectivity index (χ1) is 8.28. The summed E-state index contributed by atoms with van der Waals surface area (Å²) < 4.78 is 22.9. The number of rotatable bonds is 6. The van der Waals surface area contributed by atoms with E-state index in [1.165, 1.54) is 6.26 Å². The Morgan fingerprint density at radius 3 is 2.33 bits per heavy atom. The van der Waals surface area contributed by atoms with Crippen molar-refractivity contribution in [2.24, 2.45) is 0 Å². The number of likely N-dealkylation sites (N-methyl/N-ethyl adjacent to an activating group) is 1.